The van der Waals surface area contributed by atoms with Gasteiger partial charge in [-0.2, -0.15) is 13.2 Å². The number of carbonyl (C=O) groups excluding carboxylic acids is 1. The van der Waals surface area contributed by atoms with Crippen molar-refractivity contribution in [3.05, 3.63) is 95.6 Å². The first kappa shape index (κ1) is 30.1. The second-order valence-corrected chi connectivity index (χ2v) is 12.4. The van der Waals surface area contributed by atoms with Crippen LogP contribution >= 0.6 is 0 Å². The van der Waals surface area contributed by atoms with Crippen molar-refractivity contribution in [2.75, 3.05) is 18.7 Å². The number of rotatable bonds is 7. The third-order valence-corrected chi connectivity index (χ3v) is 9.37. The van der Waals surface area contributed by atoms with Gasteiger partial charge in [-0.25, -0.2) is 4.98 Å². The molecule has 1 atom stereocenters. The van der Waals surface area contributed by atoms with Crippen LogP contribution in [0.5, 0.6) is 11.5 Å². The topological polar surface area (TPSA) is 63.7 Å². The Morgan fingerprint density at radius 2 is 1.63 bits per heavy atom. The van der Waals surface area contributed by atoms with Gasteiger partial charge < -0.3 is 19.7 Å². The minimum Gasteiger partial charge on any atom is -0.454 e. The van der Waals surface area contributed by atoms with Crippen LogP contribution in [-0.2, 0) is 12.7 Å². The van der Waals surface area contributed by atoms with E-state index in [4.69, 9.17) is 14.5 Å². The molecule has 46 heavy (non-hydrogen) atoms. The molecule has 3 heterocycles. The van der Waals surface area contributed by atoms with Gasteiger partial charge in [-0.1, -0.05) is 74.9 Å². The SMILES string of the molecule is O=C(c1cc(NCc2ccc(C(F)(F)F)cc2)nc2ccc(-c3ccc4c(c3)OCO4)cc12)N1CC=C[C@H]1CC1CCCCCC1. The van der Waals surface area contributed by atoms with Crippen molar-refractivity contribution in [3.8, 4) is 22.6 Å². The van der Waals surface area contributed by atoms with Gasteiger partial charge in [0.15, 0.2) is 11.5 Å². The van der Waals surface area contributed by atoms with Crippen molar-refractivity contribution < 1.29 is 27.4 Å². The predicted octanol–water partition coefficient (Wildman–Crippen LogP) is 9.00. The highest BCUT2D eigenvalue weighted by Gasteiger charge is 2.31. The van der Waals surface area contributed by atoms with Crippen LogP contribution in [0, 0.1) is 5.92 Å². The number of alkyl halides is 3. The number of benzene rings is 3. The third-order valence-electron chi connectivity index (χ3n) is 9.37. The third kappa shape index (κ3) is 6.41. The summed E-state index contributed by atoms with van der Waals surface area (Å²) in [5, 5.41) is 3.98. The molecule has 4 aromatic rings. The molecule has 0 unspecified atom stereocenters. The van der Waals surface area contributed by atoms with E-state index in [0.717, 1.165) is 35.1 Å². The Kier molecular flexibility index (Phi) is 8.32. The van der Waals surface area contributed by atoms with Gasteiger partial charge in [-0.05, 0) is 71.5 Å². The molecule has 9 heteroatoms. The molecule has 0 radical (unpaired) electrons. The van der Waals surface area contributed by atoms with Crippen LogP contribution < -0.4 is 14.8 Å². The largest absolute Gasteiger partial charge is 0.454 e. The monoisotopic (exact) mass is 627 g/mol. The molecular formula is C37H36F3N3O3. The van der Waals surface area contributed by atoms with Crippen molar-refractivity contribution in [3.63, 3.8) is 0 Å². The number of aromatic nitrogens is 1. The molecule has 3 aromatic carbocycles. The molecule has 1 fully saturated rings. The molecule has 1 aliphatic carbocycles. The van der Waals surface area contributed by atoms with E-state index in [2.05, 4.69) is 17.5 Å². The van der Waals surface area contributed by atoms with Gasteiger partial charge in [-0.3, -0.25) is 4.79 Å². The minimum atomic E-state index is -4.39. The molecule has 2 aliphatic heterocycles. The summed E-state index contributed by atoms with van der Waals surface area (Å²) in [7, 11) is 0. The van der Waals surface area contributed by atoms with Crippen molar-refractivity contribution in [2.24, 2.45) is 5.92 Å². The second-order valence-electron chi connectivity index (χ2n) is 12.4. The van der Waals surface area contributed by atoms with Gasteiger partial charge >= 0.3 is 6.18 Å². The Hall–Kier alpha value is -4.53. The average Bonchev–Trinajstić information content (AvgIpc) is 3.65. The fourth-order valence-electron chi connectivity index (χ4n) is 6.86. The normalized spacial score (nSPS) is 18.2. The van der Waals surface area contributed by atoms with Crippen molar-refractivity contribution in [1.29, 1.82) is 0 Å². The van der Waals surface area contributed by atoms with E-state index >= 15 is 0 Å². The van der Waals surface area contributed by atoms with E-state index in [1.807, 2.05) is 41.3 Å². The Balaban J connectivity index is 1.21. The summed E-state index contributed by atoms with van der Waals surface area (Å²) < 4.78 is 50.3. The number of hydrogen-bond donors (Lipinski definition) is 1. The van der Waals surface area contributed by atoms with Crippen LogP contribution in [0.4, 0.5) is 19.0 Å². The molecule has 1 aromatic heterocycles. The van der Waals surface area contributed by atoms with E-state index in [-0.39, 0.29) is 25.3 Å². The van der Waals surface area contributed by atoms with Gasteiger partial charge in [0.25, 0.3) is 5.91 Å². The molecule has 3 aliphatic rings. The molecule has 6 nitrogen and oxygen atoms in total. The number of amides is 1. The van der Waals surface area contributed by atoms with Crippen LogP contribution in [-0.4, -0.2) is 35.2 Å². The molecule has 1 saturated carbocycles. The zero-order valence-corrected chi connectivity index (χ0v) is 25.5. The lowest BCUT2D eigenvalue weighted by Gasteiger charge is -2.28. The lowest BCUT2D eigenvalue weighted by atomic mass is 9.92. The Morgan fingerprint density at radius 1 is 0.891 bits per heavy atom. The molecule has 238 valence electrons. The van der Waals surface area contributed by atoms with E-state index in [0.29, 0.717) is 46.4 Å². The van der Waals surface area contributed by atoms with Crippen molar-refractivity contribution >= 4 is 22.6 Å². The molecular weight excluding hydrogens is 591 g/mol. The maximum Gasteiger partial charge on any atom is 0.416 e. The van der Waals surface area contributed by atoms with Gasteiger partial charge in [0.05, 0.1) is 22.7 Å². The number of carbonyl (C=O) groups is 1. The summed E-state index contributed by atoms with van der Waals surface area (Å²) >= 11 is 0. The fraction of sp³-hybridized carbons (Fsp3) is 0.351. The second kappa shape index (κ2) is 12.7. The first-order chi connectivity index (χ1) is 22.3. The molecule has 1 N–H and O–H groups in total. The molecule has 0 saturated heterocycles. The van der Waals surface area contributed by atoms with Crippen LogP contribution in [0.2, 0.25) is 0 Å². The highest BCUT2D eigenvalue weighted by molar-refractivity contribution is 6.08. The maximum absolute atomic E-state index is 14.4. The van der Waals surface area contributed by atoms with E-state index in [1.54, 1.807) is 6.07 Å². The van der Waals surface area contributed by atoms with E-state index in [9.17, 15) is 18.0 Å². The number of ether oxygens (including phenoxy) is 2. The number of pyridine rings is 1. The summed E-state index contributed by atoms with van der Waals surface area (Å²) in [6.45, 7) is 0.999. The quantitative estimate of drug-likeness (QED) is 0.164. The summed E-state index contributed by atoms with van der Waals surface area (Å²) in [6, 6.07) is 18.5. The molecule has 7 rings (SSSR count). The van der Waals surface area contributed by atoms with Crippen LogP contribution in [0.3, 0.4) is 0 Å². The van der Waals surface area contributed by atoms with E-state index < -0.39 is 11.7 Å². The van der Waals surface area contributed by atoms with Crippen LogP contribution in [0.15, 0.2) is 78.9 Å². The lowest BCUT2D eigenvalue weighted by Crippen LogP contribution is -2.37. The number of fused-ring (bicyclic) bond motifs is 2. The Bertz CT molecular complexity index is 1760. The van der Waals surface area contributed by atoms with Gasteiger partial charge in [0.1, 0.15) is 5.82 Å². The maximum atomic E-state index is 14.4. The number of halogens is 3. The zero-order chi connectivity index (χ0) is 31.7. The van der Waals surface area contributed by atoms with Crippen molar-refractivity contribution in [1.82, 2.24) is 9.88 Å². The van der Waals surface area contributed by atoms with Crippen LogP contribution in [0.25, 0.3) is 22.0 Å². The number of anilines is 1. The average molecular weight is 628 g/mol. The summed E-state index contributed by atoms with van der Waals surface area (Å²) in [6.07, 6.45) is 8.33. The number of nitrogens with one attached hydrogen (secondary N) is 1. The highest BCUT2D eigenvalue weighted by Crippen LogP contribution is 2.38. The lowest BCUT2D eigenvalue weighted by molar-refractivity contribution is -0.137. The molecule has 0 bridgehead atoms. The van der Waals surface area contributed by atoms with Gasteiger partial charge in [0.2, 0.25) is 6.79 Å². The summed E-state index contributed by atoms with van der Waals surface area (Å²) in [5.41, 5.74) is 3.02. The number of nitrogens with zero attached hydrogens (tertiary/aromatic N) is 2. The smallest absolute Gasteiger partial charge is 0.416 e. The van der Waals surface area contributed by atoms with E-state index in [1.165, 1.54) is 50.7 Å². The first-order valence-electron chi connectivity index (χ1n) is 16.0. The minimum absolute atomic E-state index is 0.0411. The van der Waals surface area contributed by atoms with Gasteiger partial charge in [-0.15, -0.1) is 0 Å². The first-order valence-corrected chi connectivity index (χ1v) is 16.0. The van der Waals surface area contributed by atoms with Crippen LogP contribution in [0.1, 0.15) is 66.4 Å². The summed E-state index contributed by atoms with van der Waals surface area (Å²) in [5.74, 6) is 2.42. The number of hydrogen-bond acceptors (Lipinski definition) is 5. The molecule has 0 spiro atoms. The summed E-state index contributed by atoms with van der Waals surface area (Å²) in [4.78, 5) is 21.2. The molecule has 1 amide bonds. The Labute approximate surface area is 266 Å². The van der Waals surface area contributed by atoms with Crippen molar-refractivity contribution in [2.45, 2.75) is 63.7 Å². The Morgan fingerprint density at radius 3 is 2.41 bits per heavy atom. The highest BCUT2D eigenvalue weighted by atomic mass is 19.4. The van der Waals surface area contributed by atoms with Gasteiger partial charge in [0, 0.05) is 18.5 Å². The zero-order valence-electron chi connectivity index (χ0n) is 25.5. The predicted molar refractivity (Wildman–Crippen MR) is 172 cm³/mol. The standard InChI is InChI=1S/C37H36F3N3O3/c38-37(39,40)28-13-9-25(10-14-28)22-41-35-21-31(36(44)43-17-5-8-29(43)18-24-6-3-1-2-4-7-24)30-19-26(11-15-32(30)42-35)27-12-16-33-34(20-27)46-23-45-33/h5,8-16,19-21,24,29H,1-4,6-7,17-18,22-23H2,(H,41,42)/t29-/m0/s1. The fourth-order valence-corrected chi connectivity index (χ4v) is 6.86.